The van der Waals surface area contributed by atoms with Crippen molar-refractivity contribution in [2.45, 2.75) is 71.1 Å². The zero-order valence-electron chi connectivity index (χ0n) is 13.5. The topological polar surface area (TPSA) is 46.2 Å². The highest BCUT2D eigenvalue weighted by atomic mass is 16.3. The van der Waals surface area contributed by atoms with Crippen LogP contribution in [-0.2, 0) is 0 Å². The van der Waals surface area contributed by atoms with Crippen LogP contribution in [-0.4, -0.2) is 5.11 Å². The quantitative estimate of drug-likeness (QED) is 0.520. The number of hydrogen-bond acceptors (Lipinski definition) is 2. The number of nitrogens with two attached hydrogens (primary N) is 1. The molecule has 1 aromatic carbocycles. The molecular formula is C19H31NO. The van der Waals surface area contributed by atoms with Crippen molar-refractivity contribution in [1.82, 2.24) is 0 Å². The highest BCUT2D eigenvalue weighted by Gasteiger charge is 1.98. The predicted molar refractivity (Wildman–Crippen MR) is 92.1 cm³/mol. The van der Waals surface area contributed by atoms with Crippen molar-refractivity contribution >= 4 is 6.08 Å². The summed E-state index contributed by atoms with van der Waals surface area (Å²) in [6.45, 7) is 2.26. The molecule has 0 amide bonds. The molecule has 0 aliphatic rings. The molecule has 0 saturated carbocycles. The van der Waals surface area contributed by atoms with Gasteiger partial charge in [0.25, 0.3) is 0 Å². The zero-order valence-corrected chi connectivity index (χ0v) is 13.5. The van der Waals surface area contributed by atoms with Gasteiger partial charge in [-0.05, 0) is 25.0 Å². The first-order valence-corrected chi connectivity index (χ1v) is 8.48. The Balaban J connectivity index is 2.08. The van der Waals surface area contributed by atoms with Crippen LogP contribution in [0.2, 0.25) is 0 Å². The van der Waals surface area contributed by atoms with E-state index < -0.39 is 0 Å². The van der Waals surface area contributed by atoms with E-state index in [1.54, 1.807) is 6.07 Å². The van der Waals surface area contributed by atoms with Gasteiger partial charge in [-0.3, -0.25) is 0 Å². The molecule has 2 heteroatoms. The second-order valence-corrected chi connectivity index (χ2v) is 5.86. The van der Waals surface area contributed by atoms with E-state index in [4.69, 9.17) is 5.73 Å². The Hall–Kier alpha value is -1.44. The van der Waals surface area contributed by atoms with Crippen LogP contribution in [0.4, 0.5) is 0 Å². The summed E-state index contributed by atoms with van der Waals surface area (Å²) in [5.74, 6) is 0.299. The van der Waals surface area contributed by atoms with Crippen LogP contribution in [0, 0.1) is 0 Å². The monoisotopic (exact) mass is 289 g/mol. The van der Waals surface area contributed by atoms with E-state index in [9.17, 15) is 5.11 Å². The number of aromatic hydroxyl groups is 1. The summed E-state index contributed by atoms with van der Waals surface area (Å²) in [6, 6.07) is 7.32. The molecule has 0 aromatic heterocycles. The first-order chi connectivity index (χ1) is 10.2. The number of allylic oxidation sites excluding steroid dienone is 1. The molecule has 0 heterocycles. The molecule has 0 unspecified atom stereocenters. The average molecular weight is 289 g/mol. The van der Waals surface area contributed by atoms with Gasteiger partial charge in [0.1, 0.15) is 5.75 Å². The van der Waals surface area contributed by atoms with Crippen LogP contribution in [0.3, 0.4) is 0 Å². The van der Waals surface area contributed by atoms with E-state index in [0.717, 1.165) is 24.1 Å². The molecule has 0 aliphatic heterocycles. The van der Waals surface area contributed by atoms with Crippen molar-refractivity contribution in [2.75, 3.05) is 0 Å². The molecule has 1 rings (SSSR count). The van der Waals surface area contributed by atoms with Gasteiger partial charge in [0.2, 0.25) is 0 Å². The summed E-state index contributed by atoms with van der Waals surface area (Å²) in [7, 11) is 0. The van der Waals surface area contributed by atoms with Gasteiger partial charge in [0.15, 0.2) is 0 Å². The van der Waals surface area contributed by atoms with Crippen molar-refractivity contribution < 1.29 is 5.11 Å². The van der Waals surface area contributed by atoms with E-state index >= 15 is 0 Å². The molecular weight excluding hydrogens is 258 g/mol. The van der Waals surface area contributed by atoms with Crippen molar-refractivity contribution in [2.24, 2.45) is 5.73 Å². The molecule has 2 nitrogen and oxygen atoms in total. The lowest BCUT2D eigenvalue weighted by atomic mass is 10.1. The third-order valence-electron chi connectivity index (χ3n) is 3.85. The van der Waals surface area contributed by atoms with Gasteiger partial charge >= 0.3 is 0 Å². The Morgan fingerprint density at radius 1 is 0.952 bits per heavy atom. The van der Waals surface area contributed by atoms with E-state index in [0.29, 0.717) is 5.75 Å². The maximum Gasteiger partial charge on any atom is 0.122 e. The number of rotatable bonds is 11. The minimum Gasteiger partial charge on any atom is -0.507 e. The zero-order chi connectivity index (χ0) is 15.3. The molecule has 0 saturated heterocycles. The Morgan fingerprint density at radius 3 is 2.14 bits per heavy atom. The Kier molecular flexibility index (Phi) is 9.43. The Morgan fingerprint density at radius 2 is 1.52 bits per heavy atom. The summed E-state index contributed by atoms with van der Waals surface area (Å²) < 4.78 is 0. The van der Waals surface area contributed by atoms with E-state index in [1.807, 2.05) is 24.3 Å². The molecule has 0 spiro atoms. The van der Waals surface area contributed by atoms with Crippen molar-refractivity contribution in [3.8, 4) is 5.75 Å². The first kappa shape index (κ1) is 17.6. The Bertz CT molecular complexity index is 412. The molecule has 0 bridgehead atoms. The lowest BCUT2D eigenvalue weighted by Crippen LogP contribution is -1.97. The SMILES string of the molecule is CCCCCCCCCCCC(N)=Cc1ccccc1O. The Labute approximate surface area is 130 Å². The average Bonchev–Trinajstić information content (AvgIpc) is 2.48. The van der Waals surface area contributed by atoms with Gasteiger partial charge in [-0.15, -0.1) is 0 Å². The smallest absolute Gasteiger partial charge is 0.122 e. The number of benzene rings is 1. The van der Waals surface area contributed by atoms with E-state index in [2.05, 4.69) is 6.92 Å². The second kappa shape index (κ2) is 11.2. The van der Waals surface area contributed by atoms with E-state index in [-0.39, 0.29) is 0 Å². The van der Waals surface area contributed by atoms with Crippen LogP contribution in [0.1, 0.15) is 76.7 Å². The molecule has 0 aliphatic carbocycles. The largest absolute Gasteiger partial charge is 0.507 e. The predicted octanol–water partition coefficient (Wildman–Crippen LogP) is 5.61. The fraction of sp³-hybridized carbons (Fsp3) is 0.579. The van der Waals surface area contributed by atoms with Crippen molar-refractivity contribution in [3.63, 3.8) is 0 Å². The summed E-state index contributed by atoms with van der Waals surface area (Å²) in [6.07, 6.45) is 14.7. The van der Waals surface area contributed by atoms with Gasteiger partial charge in [-0.1, -0.05) is 76.5 Å². The number of unbranched alkanes of at least 4 members (excludes halogenated alkanes) is 8. The van der Waals surface area contributed by atoms with Crippen LogP contribution < -0.4 is 5.73 Å². The van der Waals surface area contributed by atoms with Crippen molar-refractivity contribution in [1.29, 1.82) is 0 Å². The molecule has 1 aromatic rings. The minimum atomic E-state index is 0.299. The maximum atomic E-state index is 9.69. The fourth-order valence-corrected chi connectivity index (χ4v) is 2.52. The normalized spacial score (nSPS) is 11.8. The second-order valence-electron chi connectivity index (χ2n) is 5.86. The first-order valence-electron chi connectivity index (χ1n) is 8.48. The maximum absolute atomic E-state index is 9.69. The third kappa shape index (κ3) is 8.44. The van der Waals surface area contributed by atoms with Gasteiger partial charge in [-0.25, -0.2) is 0 Å². The summed E-state index contributed by atoms with van der Waals surface area (Å²) in [4.78, 5) is 0. The lowest BCUT2D eigenvalue weighted by molar-refractivity contribution is 0.474. The highest BCUT2D eigenvalue weighted by Crippen LogP contribution is 2.19. The molecule has 0 fully saturated rings. The fourth-order valence-electron chi connectivity index (χ4n) is 2.52. The van der Waals surface area contributed by atoms with E-state index in [1.165, 1.54) is 51.4 Å². The van der Waals surface area contributed by atoms with Gasteiger partial charge in [0.05, 0.1) is 0 Å². The van der Waals surface area contributed by atoms with Gasteiger partial charge < -0.3 is 10.8 Å². The minimum absolute atomic E-state index is 0.299. The molecule has 0 radical (unpaired) electrons. The van der Waals surface area contributed by atoms with Crippen LogP contribution in [0.25, 0.3) is 6.08 Å². The van der Waals surface area contributed by atoms with Crippen LogP contribution >= 0.6 is 0 Å². The van der Waals surface area contributed by atoms with Gasteiger partial charge in [0, 0.05) is 11.3 Å². The van der Waals surface area contributed by atoms with Crippen LogP contribution in [0.5, 0.6) is 5.75 Å². The summed E-state index contributed by atoms with van der Waals surface area (Å²) >= 11 is 0. The molecule has 3 N–H and O–H groups in total. The lowest BCUT2D eigenvalue weighted by Gasteiger charge is -2.04. The van der Waals surface area contributed by atoms with Gasteiger partial charge in [-0.2, -0.15) is 0 Å². The van der Waals surface area contributed by atoms with Crippen molar-refractivity contribution in [3.05, 3.63) is 35.5 Å². The van der Waals surface area contributed by atoms with Crippen LogP contribution in [0.15, 0.2) is 30.0 Å². The standard InChI is InChI=1S/C19H31NO/c1-2-3-4-5-6-7-8-9-10-14-18(20)16-17-13-11-12-15-19(17)21/h11-13,15-16,21H,2-10,14,20H2,1H3. The molecule has 0 atom stereocenters. The number of phenols is 1. The highest BCUT2D eigenvalue weighted by molar-refractivity contribution is 5.58. The number of hydrogen-bond donors (Lipinski definition) is 2. The summed E-state index contributed by atoms with van der Waals surface area (Å²) in [5, 5.41) is 9.69. The number of phenolic OH excluding ortho intramolecular Hbond substituents is 1. The third-order valence-corrected chi connectivity index (χ3v) is 3.85. The molecule has 118 valence electrons. The number of para-hydroxylation sites is 1. The summed E-state index contributed by atoms with van der Waals surface area (Å²) in [5.41, 5.74) is 7.69. The molecule has 21 heavy (non-hydrogen) atoms.